The monoisotopic (exact) mass is 220 g/mol. The van der Waals surface area contributed by atoms with E-state index in [-0.39, 0.29) is 17.1 Å². The number of phenolic OH excluding ortho intramolecular Hbond substituents is 1. The summed E-state index contributed by atoms with van der Waals surface area (Å²) in [6, 6.07) is 3.11. The van der Waals surface area contributed by atoms with Gasteiger partial charge in [-0.1, -0.05) is 12.2 Å². The largest absolute Gasteiger partial charge is 0.504 e. The molecule has 1 N–H and O–H groups in total. The molecule has 0 saturated carbocycles. The third-order valence-electron chi connectivity index (χ3n) is 2.02. The number of allylic oxidation sites excluding steroid dienone is 1. The molecule has 0 heterocycles. The Morgan fingerprint density at radius 3 is 2.69 bits per heavy atom. The van der Waals surface area contributed by atoms with E-state index in [9.17, 15) is 14.7 Å². The average molecular weight is 220 g/mol. The molecule has 0 saturated heterocycles. The number of hydrogen-bond acceptors (Lipinski definition) is 4. The second-order valence-corrected chi connectivity index (χ2v) is 3.08. The zero-order valence-electron chi connectivity index (χ0n) is 8.84. The van der Waals surface area contributed by atoms with Crippen LogP contribution in [0, 0.1) is 0 Å². The number of benzene rings is 1. The summed E-state index contributed by atoms with van der Waals surface area (Å²) in [7, 11) is 1.41. The molecule has 0 radical (unpaired) electrons. The molecule has 0 amide bonds. The van der Waals surface area contributed by atoms with Crippen LogP contribution in [-0.2, 0) is 4.79 Å². The molecule has 0 bridgehead atoms. The van der Waals surface area contributed by atoms with Crippen molar-refractivity contribution in [2.75, 3.05) is 7.11 Å². The lowest BCUT2D eigenvalue weighted by molar-refractivity contribution is -0.107. The molecule has 1 rings (SSSR count). The van der Waals surface area contributed by atoms with E-state index >= 15 is 0 Å². The van der Waals surface area contributed by atoms with E-state index in [1.54, 1.807) is 18.2 Å². The van der Waals surface area contributed by atoms with Gasteiger partial charge < -0.3 is 14.6 Å². The van der Waals surface area contributed by atoms with Crippen LogP contribution in [0.2, 0.25) is 0 Å². The molecule has 0 atom stereocenters. The molecule has 0 spiro atoms. The van der Waals surface area contributed by atoms with Crippen LogP contribution in [0.15, 0.2) is 18.2 Å². The van der Waals surface area contributed by atoms with Crippen LogP contribution in [0.3, 0.4) is 0 Å². The van der Waals surface area contributed by atoms with Crippen molar-refractivity contribution in [3.05, 3.63) is 29.3 Å². The summed E-state index contributed by atoms with van der Waals surface area (Å²) in [6.07, 6.45) is 4.97. The first-order valence-electron chi connectivity index (χ1n) is 4.69. The van der Waals surface area contributed by atoms with Crippen molar-refractivity contribution in [3.8, 4) is 11.5 Å². The molecule has 4 nitrogen and oxygen atoms in total. The molecule has 1 aromatic rings. The summed E-state index contributed by atoms with van der Waals surface area (Å²) in [6.45, 7) is 0. The Morgan fingerprint density at radius 1 is 1.38 bits per heavy atom. The summed E-state index contributed by atoms with van der Waals surface area (Å²) >= 11 is 0. The van der Waals surface area contributed by atoms with Crippen LogP contribution < -0.4 is 4.74 Å². The van der Waals surface area contributed by atoms with Crippen LogP contribution >= 0.6 is 0 Å². The Kier molecular flexibility index (Phi) is 4.27. The molecular formula is C12H12O4. The van der Waals surface area contributed by atoms with E-state index < -0.39 is 0 Å². The van der Waals surface area contributed by atoms with Gasteiger partial charge in [0.05, 0.1) is 12.7 Å². The lowest BCUT2D eigenvalue weighted by Gasteiger charge is -2.06. The van der Waals surface area contributed by atoms with Crippen LogP contribution in [0.4, 0.5) is 0 Å². The molecular weight excluding hydrogens is 208 g/mol. The molecule has 16 heavy (non-hydrogen) atoms. The van der Waals surface area contributed by atoms with E-state index in [0.717, 1.165) is 6.29 Å². The molecule has 1 aromatic carbocycles. The van der Waals surface area contributed by atoms with Crippen LogP contribution in [0.25, 0.3) is 6.08 Å². The van der Waals surface area contributed by atoms with Crippen molar-refractivity contribution in [1.29, 1.82) is 0 Å². The third kappa shape index (κ3) is 2.70. The van der Waals surface area contributed by atoms with E-state index in [4.69, 9.17) is 4.74 Å². The fourth-order valence-electron chi connectivity index (χ4n) is 1.25. The summed E-state index contributed by atoms with van der Waals surface area (Å²) in [5, 5.41) is 9.55. The first-order valence-corrected chi connectivity index (χ1v) is 4.69. The van der Waals surface area contributed by atoms with Gasteiger partial charge in [-0.3, -0.25) is 4.79 Å². The number of phenols is 1. The minimum Gasteiger partial charge on any atom is -0.504 e. The fraction of sp³-hybridized carbons (Fsp3) is 0.167. The molecule has 0 fully saturated rings. The van der Waals surface area contributed by atoms with Crippen molar-refractivity contribution >= 4 is 18.6 Å². The van der Waals surface area contributed by atoms with E-state index in [0.29, 0.717) is 18.3 Å². The number of aldehydes is 2. The Labute approximate surface area is 93.2 Å². The smallest absolute Gasteiger partial charge is 0.168 e. The highest BCUT2D eigenvalue weighted by atomic mass is 16.5. The lowest BCUT2D eigenvalue weighted by Crippen LogP contribution is -1.90. The second kappa shape index (κ2) is 5.70. The van der Waals surface area contributed by atoms with E-state index in [1.165, 1.54) is 13.2 Å². The number of rotatable bonds is 5. The zero-order valence-corrected chi connectivity index (χ0v) is 8.84. The van der Waals surface area contributed by atoms with Crippen molar-refractivity contribution in [3.63, 3.8) is 0 Å². The average Bonchev–Trinajstić information content (AvgIpc) is 2.31. The topological polar surface area (TPSA) is 63.6 Å². The Balaban J connectivity index is 3.11. The van der Waals surface area contributed by atoms with Crippen molar-refractivity contribution in [2.45, 2.75) is 6.42 Å². The zero-order chi connectivity index (χ0) is 12.0. The third-order valence-corrected chi connectivity index (χ3v) is 2.02. The van der Waals surface area contributed by atoms with Gasteiger partial charge in [0.2, 0.25) is 0 Å². The molecule has 0 aliphatic heterocycles. The van der Waals surface area contributed by atoms with Gasteiger partial charge in [0.1, 0.15) is 6.29 Å². The number of methoxy groups -OCH3 is 1. The van der Waals surface area contributed by atoms with Gasteiger partial charge in [0, 0.05) is 6.42 Å². The number of carbonyl (C=O) groups is 2. The molecule has 0 aliphatic rings. The predicted molar refractivity (Wildman–Crippen MR) is 59.8 cm³/mol. The summed E-state index contributed by atoms with van der Waals surface area (Å²) < 4.78 is 4.92. The van der Waals surface area contributed by atoms with Crippen molar-refractivity contribution in [1.82, 2.24) is 0 Å². The first-order chi connectivity index (χ1) is 7.72. The minimum atomic E-state index is -0.176. The van der Waals surface area contributed by atoms with Crippen LogP contribution in [0.1, 0.15) is 22.3 Å². The van der Waals surface area contributed by atoms with Crippen LogP contribution in [-0.4, -0.2) is 24.8 Å². The minimum absolute atomic E-state index is 0.158. The molecule has 84 valence electrons. The standard InChI is InChI=1S/C12H12O4/c1-16-11-7-9(4-2-3-5-13)6-10(8-14)12(11)15/h2,4-8,15H,3H2,1H3. The highest BCUT2D eigenvalue weighted by Gasteiger charge is 2.08. The van der Waals surface area contributed by atoms with Gasteiger partial charge in [-0.2, -0.15) is 0 Å². The maximum atomic E-state index is 10.7. The normalized spacial score (nSPS) is 10.3. The van der Waals surface area contributed by atoms with Gasteiger partial charge in [0.15, 0.2) is 17.8 Å². The molecule has 0 unspecified atom stereocenters. The Morgan fingerprint density at radius 2 is 2.12 bits per heavy atom. The first kappa shape index (κ1) is 12.0. The number of ether oxygens (including phenoxy) is 1. The van der Waals surface area contributed by atoms with Gasteiger partial charge in [-0.15, -0.1) is 0 Å². The van der Waals surface area contributed by atoms with Gasteiger partial charge in [0.25, 0.3) is 0 Å². The maximum absolute atomic E-state index is 10.7. The Bertz CT molecular complexity index is 421. The highest BCUT2D eigenvalue weighted by Crippen LogP contribution is 2.30. The summed E-state index contributed by atoms with van der Waals surface area (Å²) in [5.41, 5.74) is 0.851. The van der Waals surface area contributed by atoms with Crippen molar-refractivity contribution < 1.29 is 19.4 Å². The SMILES string of the molecule is COc1cc(C=CCC=O)cc(C=O)c1O. The second-order valence-electron chi connectivity index (χ2n) is 3.08. The van der Waals surface area contributed by atoms with Crippen LogP contribution in [0.5, 0.6) is 11.5 Å². The number of hydrogen-bond donors (Lipinski definition) is 1. The number of carbonyl (C=O) groups excluding carboxylic acids is 2. The summed E-state index contributed by atoms with van der Waals surface area (Å²) in [4.78, 5) is 20.8. The van der Waals surface area contributed by atoms with E-state index in [2.05, 4.69) is 0 Å². The molecule has 0 aliphatic carbocycles. The van der Waals surface area contributed by atoms with E-state index in [1.807, 2.05) is 0 Å². The van der Waals surface area contributed by atoms with Gasteiger partial charge in [-0.25, -0.2) is 0 Å². The fourth-order valence-corrected chi connectivity index (χ4v) is 1.25. The van der Waals surface area contributed by atoms with Gasteiger partial charge >= 0.3 is 0 Å². The van der Waals surface area contributed by atoms with Gasteiger partial charge in [-0.05, 0) is 17.7 Å². The molecule has 4 heteroatoms. The lowest BCUT2D eigenvalue weighted by atomic mass is 10.1. The quantitative estimate of drug-likeness (QED) is 0.769. The number of aromatic hydroxyl groups is 1. The summed E-state index contributed by atoms with van der Waals surface area (Å²) in [5.74, 6) is 0.0559. The van der Waals surface area contributed by atoms with Crippen molar-refractivity contribution in [2.24, 2.45) is 0 Å². The molecule has 0 aromatic heterocycles. The Hall–Kier alpha value is -2.10. The predicted octanol–water partition coefficient (Wildman–Crippen LogP) is 1.82. The highest BCUT2D eigenvalue weighted by molar-refractivity contribution is 5.82. The maximum Gasteiger partial charge on any atom is 0.168 e.